The predicted molar refractivity (Wildman–Crippen MR) is 72.4 cm³/mol. The summed E-state index contributed by atoms with van der Waals surface area (Å²) in [6.07, 6.45) is 1.88. The van der Waals surface area contributed by atoms with Crippen molar-refractivity contribution in [2.24, 2.45) is 0 Å². The van der Waals surface area contributed by atoms with Crippen molar-refractivity contribution in [1.29, 1.82) is 5.26 Å². The highest BCUT2D eigenvalue weighted by Gasteiger charge is 2.29. The van der Waals surface area contributed by atoms with Crippen molar-refractivity contribution < 1.29 is 13.2 Å². The van der Waals surface area contributed by atoms with Gasteiger partial charge in [-0.2, -0.15) is 9.57 Å². The fourth-order valence-corrected chi connectivity index (χ4v) is 4.80. The van der Waals surface area contributed by atoms with Crippen LogP contribution in [0.15, 0.2) is 16.3 Å². The summed E-state index contributed by atoms with van der Waals surface area (Å²) in [7, 11) is -3.51. The summed E-state index contributed by atoms with van der Waals surface area (Å²) in [6, 6.07) is 5.00. The SMILES string of the molecule is CCN(CC1CCCO1)S(=O)(=O)c1ccc(C#N)s1. The molecule has 1 atom stereocenters. The zero-order chi connectivity index (χ0) is 13.9. The van der Waals surface area contributed by atoms with E-state index in [1.807, 2.05) is 13.0 Å². The van der Waals surface area contributed by atoms with E-state index < -0.39 is 10.0 Å². The lowest BCUT2D eigenvalue weighted by Gasteiger charge is -2.22. The van der Waals surface area contributed by atoms with Gasteiger partial charge < -0.3 is 4.74 Å². The molecule has 104 valence electrons. The monoisotopic (exact) mass is 300 g/mol. The maximum Gasteiger partial charge on any atom is 0.252 e. The fraction of sp³-hybridized carbons (Fsp3) is 0.583. The first-order valence-electron chi connectivity index (χ1n) is 6.19. The summed E-state index contributed by atoms with van der Waals surface area (Å²) in [6.45, 7) is 3.31. The third kappa shape index (κ3) is 3.15. The van der Waals surface area contributed by atoms with Crippen LogP contribution in [0.2, 0.25) is 0 Å². The Kier molecular flexibility index (Phi) is 4.58. The molecule has 1 aliphatic rings. The first-order valence-corrected chi connectivity index (χ1v) is 8.45. The molecule has 1 saturated heterocycles. The zero-order valence-corrected chi connectivity index (χ0v) is 12.3. The molecule has 0 spiro atoms. The highest BCUT2D eigenvalue weighted by molar-refractivity contribution is 7.91. The first-order chi connectivity index (χ1) is 9.07. The second-order valence-electron chi connectivity index (χ2n) is 4.32. The maximum absolute atomic E-state index is 12.5. The summed E-state index contributed by atoms with van der Waals surface area (Å²) in [5.41, 5.74) is 0. The van der Waals surface area contributed by atoms with Crippen molar-refractivity contribution >= 4 is 21.4 Å². The smallest absolute Gasteiger partial charge is 0.252 e. The maximum atomic E-state index is 12.5. The Hall–Kier alpha value is -0.940. The van der Waals surface area contributed by atoms with Gasteiger partial charge in [0.05, 0.1) is 6.10 Å². The van der Waals surface area contributed by atoms with Crippen molar-refractivity contribution in [3.63, 3.8) is 0 Å². The molecular formula is C12H16N2O3S2. The van der Waals surface area contributed by atoms with Gasteiger partial charge in [0.25, 0.3) is 10.0 Å². The number of nitrogens with zero attached hydrogens (tertiary/aromatic N) is 2. The third-order valence-electron chi connectivity index (χ3n) is 3.07. The summed E-state index contributed by atoms with van der Waals surface area (Å²) >= 11 is 1.01. The Morgan fingerprint density at radius 3 is 2.89 bits per heavy atom. The van der Waals surface area contributed by atoms with Gasteiger partial charge >= 0.3 is 0 Å². The number of thiophene rings is 1. The van der Waals surface area contributed by atoms with Crippen LogP contribution >= 0.6 is 11.3 Å². The molecule has 1 fully saturated rings. The second kappa shape index (κ2) is 6.01. The molecule has 0 saturated carbocycles. The van der Waals surface area contributed by atoms with E-state index in [0.29, 0.717) is 24.6 Å². The van der Waals surface area contributed by atoms with Gasteiger partial charge in [-0.1, -0.05) is 6.92 Å². The van der Waals surface area contributed by atoms with E-state index >= 15 is 0 Å². The third-order valence-corrected chi connectivity index (χ3v) is 6.47. The van der Waals surface area contributed by atoms with Crippen LogP contribution in [0.1, 0.15) is 24.6 Å². The topological polar surface area (TPSA) is 70.4 Å². The molecule has 0 radical (unpaired) electrons. The van der Waals surface area contributed by atoms with Crippen molar-refractivity contribution in [3.05, 3.63) is 17.0 Å². The minimum absolute atomic E-state index is 0.00914. The van der Waals surface area contributed by atoms with Crippen LogP contribution in [0.5, 0.6) is 0 Å². The molecule has 7 heteroatoms. The number of likely N-dealkylation sites (N-methyl/N-ethyl adjacent to an activating group) is 1. The normalized spacial score (nSPS) is 19.7. The standard InChI is InChI=1S/C12H16N2O3S2/c1-2-14(9-10-4-3-7-17-10)19(15,16)12-6-5-11(8-13)18-12/h5-6,10H,2-4,7,9H2,1H3. The zero-order valence-electron chi connectivity index (χ0n) is 10.7. The van der Waals surface area contributed by atoms with Crippen molar-refractivity contribution in [1.82, 2.24) is 4.31 Å². The van der Waals surface area contributed by atoms with Gasteiger partial charge in [-0.05, 0) is 25.0 Å². The van der Waals surface area contributed by atoms with Crippen LogP contribution in [0.4, 0.5) is 0 Å². The molecule has 2 heterocycles. The van der Waals surface area contributed by atoms with Crippen molar-refractivity contribution in [2.75, 3.05) is 19.7 Å². The molecule has 1 unspecified atom stereocenters. The van der Waals surface area contributed by atoms with Crippen LogP contribution in [0.25, 0.3) is 0 Å². The summed E-state index contributed by atoms with van der Waals surface area (Å²) < 4.78 is 32.0. The van der Waals surface area contributed by atoms with Crippen LogP contribution in [-0.2, 0) is 14.8 Å². The van der Waals surface area contributed by atoms with Crippen LogP contribution in [0, 0.1) is 11.3 Å². The van der Waals surface area contributed by atoms with Gasteiger partial charge in [0, 0.05) is 19.7 Å². The van der Waals surface area contributed by atoms with E-state index in [4.69, 9.17) is 10.00 Å². The molecule has 0 N–H and O–H groups in total. The van der Waals surface area contributed by atoms with Gasteiger partial charge in [0.15, 0.2) is 0 Å². The number of hydrogen-bond donors (Lipinski definition) is 0. The number of sulfonamides is 1. The van der Waals surface area contributed by atoms with E-state index in [1.165, 1.54) is 16.4 Å². The molecule has 0 amide bonds. The molecule has 2 rings (SSSR count). The molecule has 1 aromatic rings. The molecule has 1 aliphatic heterocycles. The number of ether oxygens (including phenoxy) is 1. The highest BCUT2D eigenvalue weighted by atomic mass is 32.2. The first kappa shape index (κ1) is 14.5. The van der Waals surface area contributed by atoms with Gasteiger partial charge in [0.2, 0.25) is 0 Å². The number of nitriles is 1. The average Bonchev–Trinajstić information content (AvgIpc) is 3.06. The predicted octanol–water partition coefficient (Wildman–Crippen LogP) is 1.81. The lowest BCUT2D eigenvalue weighted by Crippen LogP contribution is -2.36. The Bertz CT molecular complexity index is 568. The summed E-state index contributed by atoms with van der Waals surface area (Å²) in [5.74, 6) is 0. The lowest BCUT2D eigenvalue weighted by atomic mass is 10.2. The minimum atomic E-state index is -3.51. The van der Waals surface area contributed by atoms with Crippen LogP contribution in [-0.4, -0.2) is 38.5 Å². The van der Waals surface area contributed by atoms with Crippen molar-refractivity contribution in [2.45, 2.75) is 30.1 Å². The van der Waals surface area contributed by atoms with Crippen LogP contribution in [0.3, 0.4) is 0 Å². The molecule has 5 nitrogen and oxygen atoms in total. The summed E-state index contributed by atoms with van der Waals surface area (Å²) in [5, 5.41) is 8.77. The Morgan fingerprint density at radius 1 is 1.58 bits per heavy atom. The van der Waals surface area contributed by atoms with E-state index in [9.17, 15) is 8.42 Å². The number of rotatable bonds is 5. The summed E-state index contributed by atoms with van der Waals surface area (Å²) in [4.78, 5) is 0.409. The fourth-order valence-electron chi connectivity index (χ4n) is 2.06. The molecule has 0 aliphatic carbocycles. The molecular weight excluding hydrogens is 284 g/mol. The van der Waals surface area contributed by atoms with E-state index in [2.05, 4.69) is 0 Å². The Labute approximate surface area is 117 Å². The number of hydrogen-bond acceptors (Lipinski definition) is 5. The van der Waals surface area contributed by atoms with Gasteiger partial charge in [-0.15, -0.1) is 11.3 Å². The molecule has 0 aromatic carbocycles. The minimum Gasteiger partial charge on any atom is -0.377 e. The van der Waals surface area contributed by atoms with E-state index in [1.54, 1.807) is 0 Å². The largest absolute Gasteiger partial charge is 0.377 e. The van der Waals surface area contributed by atoms with Gasteiger partial charge in [-0.3, -0.25) is 0 Å². The highest BCUT2D eigenvalue weighted by Crippen LogP contribution is 2.25. The van der Waals surface area contributed by atoms with E-state index in [-0.39, 0.29) is 10.3 Å². The van der Waals surface area contributed by atoms with E-state index in [0.717, 1.165) is 24.2 Å². The second-order valence-corrected chi connectivity index (χ2v) is 7.57. The molecule has 19 heavy (non-hydrogen) atoms. The average molecular weight is 300 g/mol. The lowest BCUT2D eigenvalue weighted by molar-refractivity contribution is 0.0947. The molecule has 0 bridgehead atoms. The Morgan fingerprint density at radius 2 is 2.37 bits per heavy atom. The Balaban J connectivity index is 2.17. The van der Waals surface area contributed by atoms with Crippen LogP contribution < -0.4 is 0 Å². The van der Waals surface area contributed by atoms with Gasteiger partial charge in [0.1, 0.15) is 15.2 Å². The van der Waals surface area contributed by atoms with Gasteiger partial charge in [-0.25, -0.2) is 8.42 Å². The molecule has 1 aromatic heterocycles. The van der Waals surface area contributed by atoms with Crippen molar-refractivity contribution in [3.8, 4) is 6.07 Å². The quantitative estimate of drug-likeness (QED) is 0.831.